The Kier molecular flexibility index (Phi) is 29.6. The lowest BCUT2D eigenvalue weighted by Gasteiger charge is -2.37. The molecule has 0 radical (unpaired) electrons. The van der Waals surface area contributed by atoms with Gasteiger partial charge in [-0.15, -0.1) is 0 Å². The normalized spacial score (nSPS) is 16.2. The molecule has 1 saturated heterocycles. The lowest BCUT2D eigenvalue weighted by molar-refractivity contribution is -0.142. The molecule has 0 saturated carbocycles. The van der Waals surface area contributed by atoms with Crippen LogP contribution in [0, 0.1) is 13.8 Å². The smallest absolute Gasteiger partial charge is 0.323 e. The summed E-state index contributed by atoms with van der Waals surface area (Å²) in [4.78, 5) is 109. The molecule has 2 aliphatic heterocycles. The molecule has 2 aliphatic rings. The maximum Gasteiger partial charge on any atom is 0.323 e. The molecular weight excluding hydrogens is 1250 g/mol. The number of fused-ring (bicyclic) bond motifs is 1. The number of ether oxygens (including phenoxy) is 1. The molecule has 91 heavy (non-hydrogen) atoms. The molecule has 5 rings (SSSR count). The second-order valence-corrected chi connectivity index (χ2v) is 25.7. The number of carbonyl (C=O) groups is 8. The largest absolute Gasteiger partial charge is 0.494 e. The van der Waals surface area contributed by atoms with Gasteiger partial charge in [-0.05, 0) is 124 Å². The van der Waals surface area contributed by atoms with E-state index in [9.17, 15) is 85.3 Å². The van der Waals surface area contributed by atoms with Gasteiger partial charge in [0.25, 0.3) is 10.1 Å². The highest BCUT2D eigenvalue weighted by atomic mass is 32.2. The summed E-state index contributed by atoms with van der Waals surface area (Å²) in [6.45, 7) is 2.19. The Morgan fingerprint density at radius 2 is 1.30 bits per heavy atom. The van der Waals surface area contributed by atoms with Gasteiger partial charge in [0.15, 0.2) is 5.11 Å². The van der Waals surface area contributed by atoms with Crippen LogP contribution in [-0.4, -0.2) is 253 Å². The fourth-order valence-electron chi connectivity index (χ4n) is 10.3. The molecular formula is C57H82N12O19S3. The van der Waals surface area contributed by atoms with Crippen molar-refractivity contribution in [3.8, 4) is 5.75 Å². The van der Waals surface area contributed by atoms with Crippen molar-refractivity contribution in [1.82, 2.24) is 50.6 Å². The van der Waals surface area contributed by atoms with Crippen molar-refractivity contribution in [2.24, 2.45) is 0 Å². The van der Waals surface area contributed by atoms with E-state index in [4.69, 9.17) is 17.0 Å². The van der Waals surface area contributed by atoms with E-state index in [2.05, 4.69) is 47.7 Å². The standard InChI is InChI=1S/C57H82N12O19S3/c1-37-27-44(28-38(2)53(37)91(86,87)65-45(56(81)82)30-61-48(71)9-4-3-8-41-16-13-40-7-5-17-59-54(40)62-41)88-26-6-10-47(70)58-18-19-60-55(80)46(36-90(83,84)85)64-57(89)63-42-14-11-39(12-15-42)29-43-31-68(34-51(76)77)23-22-66(32-49(72)73)20-21-67(33-50(74)75)24-25-69(43)35-52(78)79/h11-16,27-28,43,45-46,65H,3-10,17-26,29-36H2,1-2H3,(H,58,70)(H,59,62)(H,60,80)(H,61,71)(H,72,73)(H,74,75)(H,76,77)(H,78,79)(H,81,82)(H2,63,64,89)(H,83,84,85)/t43?,45-,46?/m1/s1. The third kappa shape index (κ3) is 27.3. The van der Waals surface area contributed by atoms with Crippen molar-refractivity contribution in [2.45, 2.75) is 94.7 Å². The van der Waals surface area contributed by atoms with E-state index in [1.54, 1.807) is 43.9 Å². The Balaban J connectivity index is 1.06. The number of hydrogen-bond donors (Lipinski definition) is 13. The molecule has 1 fully saturated rings. The minimum absolute atomic E-state index is 0.0252. The van der Waals surface area contributed by atoms with Crippen LogP contribution >= 0.6 is 12.2 Å². The van der Waals surface area contributed by atoms with Gasteiger partial charge in [-0.3, -0.25) is 62.5 Å². The summed E-state index contributed by atoms with van der Waals surface area (Å²) >= 11 is 5.38. The Labute approximate surface area is 532 Å². The summed E-state index contributed by atoms with van der Waals surface area (Å²) < 4.78 is 68.7. The van der Waals surface area contributed by atoms with E-state index < -0.39 is 118 Å². The lowest BCUT2D eigenvalue weighted by atomic mass is 10.0. The van der Waals surface area contributed by atoms with Crippen molar-refractivity contribution in [2.75, 3.05) is 121 Å². The van der Waals surface area contributed by atoms with Gasteiger partial charge in [-0.25, -0.2) is 13.4 Å². The quantitative estimate of drug-likeness (QED) is 0.0202. The zero-order valence-corrected chi connectivity index (χ0v) is 53.1. The molecule has 2 unspecified atom stereocenters. The van der Waals surface area contributed by atoms with Crippen LogP contribution in [0.2, 0.25) is 0 Å². The first-order valence-corrected chi connectivity index (χ1v) is 32.9. The molecule has 3 atom stereocenters. The average Bonchev–Trinajstić information content (AvgIpc) is 0.968. The van der Waals surface area contributed by atoms with Gasteiger partial charge in [0.05, 0.1) is 37.7 Å². The van der Waals surface area contributed by atoms with Gasteiger partial charge < -0.3 is 62.2 Å². The predicted octanol–water partition coefficient (Wildman–Crippen LogP) is -0.577. The number of carbonyl (C=O) groups excluding carboxylic acids is 3. The molecule has 2 aromatic carbocycles. The van der Waals surface area contributed by atoms with Gasteiger partial charge in [0.2, 0.25) is 27.7 Å². The number of amides is 3. The summed E-state index contributed by atoms with van der Waals surface area (Å²) in [6.07, 6.45) is 4.31. The summed E-state index contributed by atoms with van der Waals surface area (Å²) in [5, 5.41) is 64.8. The summed E-state index contributed by atoms with van der Waals surface area (Å²) in [6, 6.07) is 9.48. The number of aryl methyl sites for hydroxylation is 4. The second-order valence-electron chi connectivity index (χ2n) is 22.1. The first-order valence-electron chi connectivity index (χ1n) is 29.4. The van der Waals surface area contributed by atoms with Gasteiger partial charge in [0, 0.05) is 102 Å². The highest BCUT2D eigenvalue weighted by Gasteiger charge is 2.31. The first kappa shape index (κ1) is 74.0. The number of nitrogens with one attached hydrogen (secondary N) is 7. The Bertz CT molecular complexity index is 3250. The highest BCUT2D eigenvalue weighted by molar-refractivity contribution is 7.89. The molecule has 0 aliphatic carbocycles. The number of thiocarbonyl (C=S) groups is 1. The Morgan fingerprint density at radius 1 is 0.714 bits per heavy atom. The lowest BCUT2D eigenvalue weighted by Crippen LogP contribution is -2.53. The van der Waals surface area contributed by atoms with Crippen LogP contribution in [-0.2, 0) is 77.8 Å². The molecule has 502 valence electrons. The van der Waals surface area contributed by atoms with Gasteiger partial charge in [0.1, 0.15) is 29.4 Å². The van der Waals surface area contributed by atoms with Crippen molar-refractivity contribution < 1.29 is 90.0 Å². The number of carboxylic acids is 5. The zero-order valence-electron chi connectivity index (χ0n) is 50.7. The van der Waals surface area contributed by atoms with E-state index in [0.717, 1.165) is 30.9 Å². The molecule has 3 heterocycles. The van der Waals surface area contributed by atoms with Crippen LogP contribution < -0.4 is 41.4 Å². The van der Waals surface area contributed by atoms with Crippen molar-refractivity contribution in [1.29, 1.82) is 0 Å². The first-order chi connectivity index (χ1) is 43.0. The topological polar surface area (TPSA) is 446 Å². The number of sulfonamides is 1. The molecule has 0 bridgehead atoms. The average molecular weight is 1340 g/mol. The number of rotatable bonds is 34. The third-order valence-corrected chi connectivity index (χ3v) is 17.4. The van der Waals surface area contributed by atoms with Gasteiger partial charge >= 0.3 is 29.8 Å². The van der Waals surface area contributed by atoms with Crippen LogP contribution in [0.5, 0.6) is 5.75 Å². The van der Waals surface area contributed by atoms with E-state index in [1.807, 2.05) is 6.07 Å². The number of unbranched alkanes of at least 4 members (excludes halogenated alkanes) is 1. The predicted molar refractivity (Wildman–Crippen MR) is 335 cm³/mol. The number of nitrogens with zero attached hydrogens (tertiary/aromatic N) is 5. The number of carboxylic acid groups (broad SMARTS) is 5. The third-order valence-electron chi connectivity index (χ3n) is 14.7. The molecule has 34 heteroatoms. The summed E-state index contributed by atoms with van der Waals surface area (Å²) in [5.74, 6) is -7.80. The highest BCUT2D eigenvalue weighted by Crippen LogP contribution is 2.27. The van der Waals surface area contributed by atoms with Crippen LogP contribution in [0.4, 0.5) is 11.5 Å². The van der Waals surface area contributed by atoms with E-state index in [1.165, 1.54) is 31.5 Å². The Morgan fingerprint density at radius 3 is 1.91 bits per heavy atom. The monoisotopic (exact) mass is 1330 g/mol. The molecule has 0 spiro atoms. The minimum Gasteiger partial charge on any atom is -0.494 e. The summed E-state index contributed by atoms with van der Waals surface area (Å²) in [7, 11) is -9.17. The molecule has 31 nitrogen and oxygen atoms in total. The van der Waals surface area contributed by atoms with Crippen molar-refractivity contribution in [3.05, 3.63) is 76.5 Å². The van der Waals surface area contributed by atoms with E-state index in [-0.39, 0.29) is 125 Å². The van der Waals surface area contributed by atoms with E-state index >= 15 is 0 Å². The SMILES string of the molecule is Cc1cc(OCCCC(=O)NCCNC(=O)C(CS(=O)(=O)O)NC(=S)Nc2ccc(CC3CN(CC(=O)O)CCN(CC(=O)O)CCN(CC(=O)O)CCN3CC(=O)O)cc2)cc(C)c1S(=O)(=O)N[C@H](CNC(=O)CCCCc1ccc2c(n1)NCCC2)C(=O)O. The Hall–Kier alpha value is -7.70. The zero-order chi connectivity index (χ0) is 66.8. The number of benzene rings is 2. The number of aliphatic carboxylic acids is 5. The second kappa shape index (κ2) is 36.4. The van der Waals surface area contributed by atoms with Crippen LogP contribution in [0.3, 0.4) is 0 Å². The molecule has 1 aromatic heterocycles. The molecule has 3 aromatic rings. The molecule has 3 amide bonds. The van der Waals surface area contributed by atoms with E-state index in [0.29, 0.717) is 30.5 Å². The van der Waals surface area contributed by atoms with Crippen LogP contribution in [0.1, 0.15) is 66.5 Å². The molecule has 13 N–H and O–H groups in total. The number of hydrogen-bond acceptors (Lipinski definition) is 20. The number of aromatic nitrogens is 1. The maximum absolute atomic E-state index is 13.5. The van der Waals surface area contributed by atoms with Crippen molar-refractivity contribution in [3.63, 3.8) is 0 Å². The van der Waals surface area contributed by atoms with Gasteiger partial charge in [-0.1, -0.05) is 18.2 Å². The summed E-state index contributed by atoms with van der Waals surface area (Å²) in [5.41, 5.74) is 3.56. The minimum atomic E-state index is -4.76. The fourth-order valence-corrected chi connectivity index (χ4v) is 12.9. The fraction of sp³-hybridized carbons (Fsp3) is 0.544. The van der Waals surface area contributed by atoms with Gasteiger partial charge in [-0.2, -0.15) is 13.1 Å². The number of anilines is 2. The van der Waals surface area contributed by atoms with Crippen molar-refractivity contribution >= 4 is 96.5 Å². The maximum atomic E-state index is 13.5. The number of pyridine rings is 1. The van der Waals surface area contributed by atoms with Crippen LogP contribution in [0.15, 0.2) is 53.4 Å². The van der Waals surface area contributed by atoms with Crippen LogP contribution in [0.25, 0.3) is 0 Å².